The smallest absolute Gasteiger partial charge is 0.266 e. The summed E-state index contributed by atoms with van der Waals surface area (Å²) in [6, 6.07) is 0. The number of sulfonamides is 1. The average Bonchev–Trinajstić information content (AvgIpc) is 2.18. The summed E-state index contributed by atoms with van der Waals surface area (Å²) in [4.78, 5) is 7.43. The fraction of sp³-hybridized carbons (Fsp3) is 0.500. The fourth-order valence-corrected chi connectivity index (χ4v) is 2.29. The molecular formula is C8H9BrF3N3O2S. The van der Waals surface area contributed by atoms with Crippen molar-refractivity contribution in [1.29, 1.82) is 0 Å². The average molecular weight is 348 g/mol. The largest absolute Gasteiger partial charge is 0.389 e. The Labute approximate surface area is 110 Å². The van der Waals surface area contributed by atoms with Crippen LogP contribution in [0.4, 0.5) is 19.0 Å². The Hall–Kier alpha value is -0.900. The molecule has 1 aromatic rings. The van der Waals surface area contributed by atoms with E-state index in [1.54, 1.807) is 0 Å². The van der Waals surface area contributed by atoms with Gasteiger partial charge in [0.05, 0.1) is 18.1 Å². The van der Waals surface area contributed by atoms with E-state index in [2.05, 4.69) is 25.9 Å². The molecule has 0 aliphatic heterocycles. The van der Waals surface area contributed by atoms with E-state index in [0.717, 1.165) is 6.20 Å². The van der Waals surface area contributed by atoms with Crippen molar-refractivity contribution in [2.45, 2.75) is 19.0 Å². The first-order valence-electron chi connectivity index (χ1n) is 4.73. The van der Waals surface area contributed by atoms with Crippen LogP contribution in [0, 0.1) is 0 Å². The molecule has 102 valence electrons. The molecule has 10 heteroatoms. The van der Waals surface area contributed by atoms with E-state index in [9.17, 15) is 21.6 Å². The van der Waals surface area contributed by atoms with Gasteiger partial charge in [0, 0.05) is 6.42 Å². The molecule has 0 saturated carbocycles. The maximum Gasteiger partial charge on any atom is 0.389 e. The van der Waals surface area contributed by atoms with Gasteiger partial charge in [-0.1, -0.05) is 0 Å². The maximum absolute atomic E-state index is 11.9. The van der Waals surface area contributed by atoms with Crippen LogP contribution < -0.4 is 4.72 Å². The summed E-state index contributed by atoms with van der Waals surface area (Å²) >= 11 is 3.01. The van der Waals surface area contributed by atoms with Crippen LogP contribution in [-0.4, -0.2) is 30.3 Å². The Bertz CT molecular complexity index is 489. The van der Waals surface area contributed by atoms with Crippen molar-refractivity contribution in [3.05, 3.63) is 17.0 Å². The maximum atomic E-state index is 11.9. The first kappa shape index (κ1) is 15.2. The summed E-state index contributed by atoms with van der Waals surface area (Å²) in [5.41, 5.74) is 0. The zero-order valence-electron chi connectivity index (χ0n) is 8.91. The third kappa shape index (κ3) is 6.15. The third-order valence-electron chi connectivity index (χ3n) is 1.75. The molecule has 0 aromatic carbocycles. The molecule has 1 N–H and O–H groups in total. The number of aromatic nitrogens is 2. The highest BCUT2D eigenvalue weighted by Gasteiger charge is 2.27. The molecule has 18 heavy (non-hydrogen) atoms. The van der Waals surface area contributed by atoms with E-state index in [4.69, 9.17) is 0 Å². The Morgan fingerprint density at radius 3 is 2.44 bits per heavy atom. The first-order valence-corrected chi connectivity index (χ1v) is 7.17. The Morgan fingerprint density at radius 1 is 1.28 bits per heavy atom. The van der Waals surface area contributed by atoms with Crippen molar-refractivity contribution in [2.75, 3.05) is 10.5 Å². The highest BCUT2D eigenvalue weighted by atomic mass is 79.9. The SMILES string of the molecule is O=S(=O)(CCCC(F)(F)F)Nc1cnc(Br)cn1. The number of rotatable bonds is 5. The fourth-order valence-electron chi connectivity index (χ4n) is 1.04. The van der Waals surface area contributed by atoms with E-state index in [1.165, 1.54) is 6.20 Å². The first-order chi connectivity index (χ1) is 8.18. The molecule has 0 radical (unpaired) electrons. The molecule has 0 unspecified atom stereocenters. The molecule has 1 heterocycles. The van der Waals surface area contributed by atoms with Crippen LogP contribution in [0.2, 0.25) is 0 Å². The normalized spacial score (nSPS) is 12.4. The lowest BCUT2D eigenvalue weighted by Crippen LogP contribution is -2.19. The van der Waals surface area contributed by atoms with Crippen molar-refractivity contribution >= 4 is 31.8 Å². The summed E-state index contributed by atoms with van der Waals surface area (Å²) in [6.07, 6.45) is -3.56. The second kappa shape index (κ2) is 5.83. The molecule has 0 fully saturated rings. The van der Waals surface area contributed by atoms with E-state index >= 15 is 0 Å². The van der Waals surface area contributed by atoms with E-state index in [0.29, 0.717) is 4.60 Å². The van der Waals surface area contributed by atoms with Crippen LogP contribution in [0.15, 0.2) is 17.0 Å². The molecule has 0 atom stereocenters. The van der Waals surface area contributed by atoms with Gasteiger partial charge < -0.3 is 0 Å². The molecule has 0 aliphatic carbocycles. The lowest BCUT2D eigenvalue weighted by Gasteiger charge is -2.08. The van der Waals surface area contributed by atoms with Crippen LogP contribution in [-0.2, 0) is 10.0 Å². The number of halogens is 4. The third-order valence-corrected chi connectivity index (χ3v) is 3.51. The molecule has 0 spiro atoms. The van der Waals surface area contributed by atoms with Gasteiger partial charge >= 0.3 is 6.18 Å². The van der Waals surface area contributed by atoms with Gasteiger partial charge in [0.2, 0.25) is 10.0 Å². The molecule has 0 amide bonds. The number of anilines is 1. The Morgan fingerprint density at radius 2 is 1.94 bits per heavy atom. The van der Waals surface area contributed by atoms with Crippen LogP contribution in [0.5, 0.6) is 0 Å². The topological polar surface area (TPSA) is 72.0 Å². The summed E-state index contributed by atoms with van der Waals surface area (Å²) in [5.74, 6) is -0.658. The van der Waals surface area contributed by atoms with Crippen molar-refractivity contribution in [3.8, 4) is 0 Å². The molecule has 5 nitrogen and oxygen atoms in total. The van der Waals surface area contributed by atoms with Crippen LogP contribution in [0.1, 0.15) is 12.8 Å². The lowest BCUT2D eigenvalue weighted by molar-refractivity contribution is -0.134. The van der Waals surface area contributed by atoms with Gasteiger partial charge in [0.25, 0.3) is 0 Å². The van der Waals surface area contributed by atoms with Gasteiger partial charge in [-0.25, -0.2) is 18.4 Å². The standard InChI is InChI=1S/C8H9BrF3N3O2S/c9-6-4-14-7(5-13-6)15-18(16,17)3-1-2-8(10,11)12/h4-5H,1-3H2,(H,14,15). The number of nitrogens with zero attached hydrogens (tertiary/aromatic N) is 2. The van der Waals surface area contributed by atoms with Crippen molar-refractivity contribution in [1.82, 2.24) is 9.97 Å². The van der Waals surface area contributed by atoms with Crippen LogP contribution in [0.3, 0.4) is 0 Å². The molecular weight excluding hydrogens is 339 g/mol. The van der Waals surface area contributed by atoms with E-state index < -0.39 is 34.8 Å². The van der Waals surface area contributed by atoms with Crippen molar-refractivity contribution in [2.24, 2.45) is 0 Å². The van der Waals surface area contributed by atoms with E-state index in [1.807, 2.05) is 4.72 Å². The summed E-state index contributed by atoms with van der Waals surface area (Å²) in [7, 11) is -3.84. The minimum absolute atomic E-state index is 0.0368. The van der Waals surface area contributed by atoms with Gasteiger partial charge in [-0.15, -0.1) is 0 Å². The van der Waals surface area contributed by atoms with Crippen LogP contribution in [0.25, 0.3) is 0 Å². The minimum atomic E-state index is -4.35. The van der Waals surface area contributed by atoms with Gasteiger partial charge in [-0.05, 0) is 22.4 Å². The van der Waals surface area contributed by atoms with E-state index in [-0.39, 0.29) is 5.82 Å². The summed E-state index contributed by atoms with van der Waals surface area (Å²) in [6.45, 7) is 0. The molecule has 1 aromatic heterocycles. The summed E-state index contributed by atoms with van der Waals surface area (Å²) in [5, 5.41) is 0. The molecule has 0 aliphatic rings. The minimum Gasteiger partial charge on any atom is -0.266 e. The number of alkyl halides is 3. The number of hydrogen-bond acceptors (Lipinski definition) is 4. The second-order valence-corrected chi connectivity index (χ2v) is 6.02. The lowest BCUT2D eigenvalue weighted by atomic mass is 10.3. The Balaban J connectivity index is 2.52. The predicted molar refractivity (Wildman–Crippen MR) is 62.4 cm³/mol. The summed E-state index contributed by atoms with van der Waals surface area (Å²) < 4.78 is 60.9. The van der Waals surface area contributed by atoms with Gasteiger partial charge in [0.1, 0.15) is 4.60 Å². The van der Waals surface area contributed by atoms with Gasteiger partial charge in [-0.2, -0.15) is 13.2 Å². The predicted octanol–water partition coefficient (Wildman–Crippen LogP) is 2.32. The quantitative estimate of drug-likeness (QED) is 0.887. The van der Waals surface area contributed by atoms with Gasteiger partial charge in [0.15, 0.2) is 5.82 Å². The second-order valence-electron chi connectivity index (χ2n) is 3.36. The highest BCUT2D eigenvalue weighted by molar-refractivity contribution is 9.10. The van der Waals surface area contributed by atoms with Crippen LogP contribution >= 0.6 is 15.9 Å². The monoisotopic (exact) mass is 347 g/mol. The number of hydrogen-bond donors (Lipinski definition) is 1. The van der Waals surface area contributed by atoms with Gasteiger partial charge in [-0.3, -0.25) is 4.72 Å². The zero-order valence-corrected chi connectivity index (χ0v) is 11.3. The van der Waals surface area contributed by atoms with Crippen molar-refractivity contribution < 1.29 is 21.6 Å². The molecule has 0 bridgehead atoms. The molecule has 0 saturated heterocycles. The highest BCUT2D eigenvalue weighted by Crippen LogP contribution is 2.21. The molecule has 1 rings (SSSR count). The zero-order chi connectivity index (χ0) is 13.8. The van der Waals surface area contributed by atoms with Crippen molar-refractivity contribution in [3.63, 3.8) is 0 Å². The Kier molecular flexibility index (Phi) is 4.91. The number of nitrogens with one attached hydrogen (secondary N) is 1.